The summed E-state index contributed by atoms with van der Waals surface area (Å²) >= 11 is 7.58. The summed E-state index contributed by atoms with van der Waals surface area (Å²) in [6.45, 7) is 0. The normalized spacial score (nSPS) is 11.9. The second kappa shape index (κ2) is 10.5. The second-order valence-corrected chi connectivity index (χ2v) is 16.0. The van der Waals surface area contributed by atoms with E-state index in [9.17, 15) is 0 Å². The fraction of sp³-hybridized carbons (Fsp3) is 0. The molecule has 0 aliphatic heterocycles. The third kappa shape index (κ3) is 4.37. The van der Waals surface area contributed by atoms with Gasteiger partial charge in [-0.25, -0.2) is 0 Å². The Bertz CT molecular complexity index is 2510. The van der Waals surface area contributed by atoms with E-state index >= 15 is 0 Å². The summed E-state index contributed by atoms with van der Waals surface area (Å²) in [5.74, 6) is 0. The van der Waals surface area contributed by atoms with Crippen molar-refractivity contribution in [3.63, 3.8) is 0 Å². The Morgan fingerprint density at radius 3 is 1.20 bits per heavy atom. The summed E-state index contributed by atoms with van der Waals surface area (Å²) in [6, 6.07) is 54.0. The fourth-order valence-electron chi connectivity index (χ4n) is 6.57. The van der Waals surface area contributed by atoms with Crippen molar-refractivity contribution >= 4 is 95.1 Å². The van der Waals surface area contributed by atoms with E-state index in [1.54, 1.807) is 0 Å². The maximum atomic E-state index is 2.41. The Labute approximate surface area is 282 Å². The summed E-state index contributed by atoms with van der Waals surface area (Å²) in [5, 5.41) is 5.34. The zero-order chi connectivity index (χ0) is 30.2. The van der Waals surface area contributed by atoms with E-state index in [2.05, 4.69) is 146 Å². The molecule has 46 heavy (non-hydrogen) atoms. The molecule has 0 saturated heterocycles. The molecule has 0 saturated carbocycles. The maximum Gasteiger partial charge on any atom is 0.0542 e. The van der Waals surface area contributed by atoms with Crippen LogP contribution in [0.1, 0.15) is 0 Å². The highest BCUT2D eigenvalue weighted by Gasteiger charge is 2.15. The number of thiophene rings is 4. The van der Waals surface area contributed by atoms with Crippen molar-refractivity contribution in [3.8, 4) is 43.1 Å². The van der Waals surface area contributed by atoms with Crippen LogP contribution in [0.15, 0.2) is 146 Å². The van der Waals surface area contributed by atoms with Gasteiger partial charge in [-0.15, -0.1) is 45.3 Å². The average Bonchev–Trinajstić information content (AvgIpc) is 3.89. The smallest absolute Gasteiger partial charge is 0.0542 e. The molecule has 0 amide bonds. The molecule has 0 fully saturated rings. The van der Waals surface area contributed by atoms with Gasteiger partial charge in [0.15, 0.2) is 0 Å². The molecule has 216 valence electrons. The highest BCUT2D eigenvalue weighted by molar-refractivity contribution is 7.36. The van der Waals surface area contributed by atoms with Crippen molar-refractivity contribution < 1.29 is 0 Å². The van der Waals surface area contributed by atoms with E-state index < -0.39 is 0 Å². The van der Waals surface area contributed by atoms with Crippen LogP contribution in [-0.2, 0) is 0 Å². The van der Waals surface area contributed by atoms with Gasteiger partial charge in [-0.05, 0) is 105 Å². The fourth-order valence-corrected chi connectivity index (χ4v) is 11.3. The lowest BCUT2D eigenvalue weighted by Gasteiger charge is -2.05. The third-order valence-corrected chi connectivity index (χ3v) is 13.8. The van der Waals surface area contributed by atoms with Crippen LogP contribution in [-0.4, -0.2) is 0 Å². The average molecular weight is 657 g/mol. The quantitative estimate of drug-likeness (QED) is 0.177. The number of benzene rings is 6. The molecule has 0 nitrogen and oxygen atoms in total. The number of hydrogen-bond acceptors (Lipinski definition) is 4. The van der Waals surface area contributed by atoms with Crippen molar-refractivity contribution in [2.24, 2.45) is 0 Å². The minimum Gasteiger partial charge on any atom is -0.135 e. The van der Waals surface area contributed by atoms with Gasteiger partial charge >= 0.3 is 0 Å². The lowest BCUT2D eigenvalue weighted by Crippen LogP contribution is -1.79. The lowest BCUT2D eigenvalue weighted by atomic mass is 10.0. The Morgan fingerprint density at radius 2 is 0.717 bits per heavy atom. The molecule has 0 aliphatic rings. The first-order chi connectivity index (χ1) is 22.7. The topological polar surface area (TPSA) is 0 Å². The minimum absolute atomic E-state index is 1.26. The van der Waals surface area contributed by atoms with Crippen LogP contribution in [0.2, 0.25) is 0 Å². The Kier molecular flexibility index (Phi) is 6.06. The van der Waals surface area contributed by atoms with Crippen molar-refractivity contribution in [2.75, 3.05) is 0 Å². The monoisotopic (exact) mass is 656 g/mol. The summed E-state index contributed by atoms with van der Waals surface area (Å²) in [6.07, 6.45) is 0. The summed E-state index contributed by atoms with van der Waals surface area (Å²) in [7, 11) is 0. The summed E-state index contributed by atoms with van der Waals surface area (Å²) in [4.78, 5) is 2.63. The third-order valence-electron chi connectivity index (χ3n) is 8.89. The molecule has 4 aromatic heterocycles. The van der Waals surface area contributed by atoms with Crippen LogP contribution in [0.5, 0.6) is 0 Å². The van der Waals surface area contributed by atoms with E-state index in [0.29, 0.717) is 0 Å². The Morgan fingerprint density at radius 1 is 0.283 bits per heavy atom. The van der Waals surface area contributed by atoms with Gasteiger partial charge in [-0.3, -0.25) is 0 Å². The van der Waals surface area contributed by atoms with Gasteiger partial charge in [0.1, 0.15) is 0 Å². The van der Waals surface area contributed by atoms with Crippen molar-refractivity contribution in [3.05, 3.63) is 146 Å². The van der Waals surface area contributed by atoms with Crippen molar-refractivity contribution in [2.45, 2.75) is 0 Å². The van der Waals surface area contributed by atoms with Gasteiger partial charge in [-0.1, -0.05) is 84.9 Å². The van der Waals surface area contributed by atoms with Crippen LogP contribution in [0.4, 0.5) is 0 Å². The lowest BCUT2D eigenvalue weighted by molar-refractivity contribution is 1.65. The molecule has 0 aliphatic carbocycles. The summed E-state index contributed by atoms with van der Waals surface area (Å²) in [5.41, 5.74) is 7.62. The maximum absolute atomic E-state index is 2.41. The molecule has 10 aromatic rings. The molecule has 0 N–H and O–H groups in total. The highest BCUT2D eigenvalue weighted by Crippen LogP contribution is 2.46. The van der Waals surface area contributed by atoms with Crippen LogP contribution in [0.3, 0.4) is 0 Å². The van der Waals surface area contributed by atoms with Gasteiger partial charge in [0.25, 0.3) is 0 Å². The van der Waals surface area contributed by atoms with Crippen LogP contribution < -0.4 is 0 Å². The zero-order valence-electron chi connectivity index (χ0n) is 24.5. The minimum atomic E-state index is 1.26. The van der Waals surface area contributed by atoms with Gasteiger partial charge in [-0.2, -0.15) is 0 Å². The molecule has 10 rings (SSSR count). The standard InChI is InChI=1S/C42H24S4/c1-3-13-35-31(7-1)23-39(43-35)29-11-5-9-25(19-29)27-15-17-37-33(21-27)41-42(45-37)34-22-28(16-18-38(34)46-41)26-10-6-12-30(20-26)40-24-32-8-2-4-14-36(32)44-40/h1-24H. The largest absolute Gasteiger partial charge is 0.135 e. The van der Waals surface area contributed by atoms with Gasteiger partial charge in [0, 0.05) is 39.3 Å². The first-order valence-electron chi connectivity index (χ1n) is 15.3. The molecule has 0 spiro atoms. The Hall–Kier alpha value is -4.58. The molecule has 0 bridgehead atoms. The molecule has 0 atom stereocenters. The Balaban J connectivity index is 1.04. The van der Waals surface area contributed by atoms with Crippen molar-refractivity contribution in [1.82, 2.24) is 0 Å². The first kappa shape index (κ1) is 26.6. The highest BCUT2D eigenvalue weighted by atomic mass is 32.1. The number of hydrogen-bond donors (Lipinski definition) is 0. The molecule has 4 heteroatoms. The van der Waals surface area contributed by atoms with Crippen LogP contribution in [0.25, 0.3) is 92.9 Å². The first-order valence-corrected chi connectivity index (χ1v) is 18.6. The molecular weight excluding hydrogens is 633 g/mol. The molecule has 0 radical (unpaired) electrons. The van der Waals surface area contributed by atoms with Gasteiger partial charge < -0.3 is 0 Å². The van der Waals surface area contributed by atoms with Crippen molar-refractivity contribution in [1.29, 1.82) is 0 Å². The zero-order valence-corrected chi connectivity index (χ0v) is 27.8. The van der Waals surface area contributed by atoms with E-state index in [-0.39, 0.29) is 0 Å². The van der Waals surface area contributed by atoms with Gasteiger partial charge in [0.05, 0.1) is 9.40 Å². The molecule has 0 unspecified atom stereocenters. The van der Waals surface area contributed by atoms with Crippen LogP contribution in [0, 0.1) is 0 Å². The van der Waals surface area contributed by atoms with E-state index in [1.807, 2.05) is 45.3 Å². The number of fused-ring (bicyclic) bond motifs is 7. The molecule has 6 aromatic carbocycles. The number of rotatable bonds is 4. The van der Waals surface area contributed by atoms with E-state index in [1.165, 1.54) is 92.9 Å². The SMILES string of the molecule is c1cc(-c2ccc3sc4c5cc(-c6cccc(-c7cc8ccccc8s7)c6)ccc5sc4c3c2)cc(-c2cc3ccccc3s2)c1. The van der Waals surface area contributed by atoms with Crippen LogP contribution >= 0.6 is 45.3 Å². The molecule has 4 heterocycles. The summed E-state index contributed by atoms with van der Waals surface area (Å²) < 4.78 is 8.17. The predicted molar refractivity (Wildman–Crippen MR) is 207 cm³/mol. The van der Waals surface area contributed by atoms with E-state index in [0.717, 1.165) is 0 Å². The molecular formula is C42H24S4. The van der Waals surface area contributed by atoms with E-state index in [4.69, 9.17) is 0 Å². The predicted octanol–water partition coefficient (Wildman–Crippen LogP) is 14.4. The van der Waals surface area contributed by atoms with Gasteiger partial charge in [0.2, 0.25) is 0 Å². The second-order valence-electron chi connectivity index (χ2n) is 11.7.